The lowest BCUT2D eigenvalue weighted by Crippen LogP contribution is -2.33. The zero-order valence-electron chi connectivity index (χ0n) is 18.6. The molecule has 3 aromatic carbocycles. The van der Waals surface area contributed by atoms with Crippen LogP contribution in [0.2, 0.25) is 5.02 Å². The number of halogens is 1. The Hall–Kier alpha value is -3.51. The van der Waals surface area contributed by atoms with Crippen molar-refractivity contribution >= 4 is 23.4 Å². The third-order valence-corrected chi connectivity index (χ3v) is 5.36. The second-order valence-electron chi connectivity index (χ2n) is 7.32. The van der Waals surface area contributed by atoms with Gasteiger partial charge in [-0.15, -0.1) is 0 Å². The molecule has 0 saturated carbocycles. The number of ether oxygens (including phenoxy) is 2. The molecule has 0 bridgehead atoms. The highest BCUT2D eigenvalue weighted by molar-refractivity contribution is 6.33. The van der Waals surface area contributed by atoms with Gasteiger partial charge < -0.3 is 20.1 Å². The third kappa shape index (κ3) is 6.73. The van der Waals surface area contributed by atoms with E-state index in [1.54, 1.807) is 31.4 Å². The minimum Gasteiger partial charge on any atom is -0.493 e. The van der Waals surface area contributed by atoms with Crippen LogP contribution >= 0.6 is 11.6 Å². The SMILES string of the molecule is CCOc1ccc(CNC(=O)CC(NC(=O)c2ccccc2Cl)c2ccccc2)cc1OC. The van der Waals surface area contributed by atoms with Gasteiger partial charge in [0, 0.05) is 6.54 Å². The largest absolute Gasteiger partial charge is 0.493 e. The molecule has 2 N–H and O–H groups in total. The van der Waals surface area contributed by atoms with E-state index in [1.165, 1.54) is 0 Å². The molecule has 3 aromatic rings. The van der Waals surface area contributed by atoms with Gasteiger partial charge in [0.05, 0.1) is 36.8 Å². The number of benzene rings is 3. The van der Waals surface area contributed by atoms with Crippen LogP contribution in [0, 0.1) is 0 Å². The Balaban J connectivity index is 1.68. The number of rotatable bonds is 10. The van der Waals surface area contributed by atoms with Gasteiger partial charge in [0.1, 0.15) is 0 Å². The van der Waals surface area contributed by atoms with E-state index in [0.29, 0.717) is 35.2 Å². The molecule has 33 heavy (non-hydrogen) atoms. The molecule has 0 heterocycles. The predicted molar refractivity (Wildman–Crippen MR) is 129 cm³/mol. The minimum atomic E-state index is -0.509. The first-order valence-electron chi connectivity index (χ1n) is 10.7. The van der Waals surface area contributed by atoms with Crippen molar-refractivity contribution in [1.29, 1.82) is 0 Å². The molecule has 1 unspecified atom stereocenters. The monoisotopic (exact) mass is 466 g/mol. The van der Waals surface area contributed by atoms with Gasteiger partial charge in [-0.3, -0.25) is 9.59 Å². The summed E-state index contributed by atoms with van der Waals surface area (Å²) in [7, 11) is 1.58. The highest BCUT2D eigenvalue weighted by Crippen LogP contribution is 2.28. The average Bonchev–Trinajstić information content (AvgIpc) is 2.84. The van der Waals surface area contributed by atoms with Crippen LogP contribution < -0.4 is 20.1 Å². The Morgan fingerprint density at radius 2 is 1.70 bits per heavy atom. The number of hydrogen-bond acceptors (Lipinski definition) is 4. The molecule has 0 aromatic heterocycles. The molecule has 0 saturated heterocycles. The summed E-state index contributed by atoms with van der Waals surface area (Å²) >= 11 is 6.17. The van der Waals surface area contributed by atoms with E-state index in [1.807, 2.05) is 55.5 Å². The van der Waals surface area contributed by atoms with Crippen LogP contribution in [0.25, 0.3) is 0 Å². The number of nitrogens with one attached hydrogen (secondary N) is 2. The van der Waals surface area contributed by atoms with Gasteiger partial charge in [-0.2, -0.15) is 0 Å². The molecular weight excluding hydrogens is 440 g/mol. The molecule has 0 radical (unpaired) electrons. The second-order valence-corrected chi connectivity index (χ2v) is 7.72. The van der Waals surface area contributed by atoms with Crippen LogP contribution in [0.5, 0.6) is 11.5 Å². The second kappa shape index (κ2) is 11.9. The summed E-state index contributed by atoms with van der Waals surface area (Å²) in [6.45, 7) is 2.76. The Morgan fingerprint density at radius 1 is 0.970 bits per heavy atom. The van der Waals surface area contributed by atoms with Crippen molar-refractivity contribution in [2.75, 3.05) is 13.7 Å². The number of methoxy groups -OCH3 is 1. The lowest BCUT2D eigenvalue weighted by Gasteiger charge is -2.19. The van der Waals surface area contributed by atoms with E-state index in [2.05, 4.69) is 10.6 Å². The summed E-state index contributed by atoms with van der Waals surface area (Å²) < 4.78 is 10.9. The Kier molecular flexibility index (Phi) is 8.72. The van der Waals surface area contributed by atoms with E-state index in [0.717, 1.165) is 11.1 Å². The van der Waals surface area contributed by atoms with E-state index in [4.69, 9.17) is 21.1 Å². The van der Waals surface area contributed by atoms with Gasteiger partial charge in [0.15, 0.2) is 11.5 Å². The molecule has 6 nitrogen and oxygen atoms in total. The first-order valence-corrected chi connectivity index (χ1v) is 11.1. The maximum atomic E-state index is 12.8. The maximum Gasteiger partial charge on any atom is 0.253 e. The van der Waals surface area contributed by atoms with E-state index < -0.39 is 6.04 Å². The van der Waals surface area contributed by atoms with Gasteiger partial charge in [-0.25, -0.2) is 0 Å². The van der Waals surface area contributed by atoms with E-state index >= 15 is 0 Å². The zero-order valence-corrected chi connectivity index (χ0v) is 19.4. The summed E-state index contributed by atoms with van der Waals surface area (Å²) in [5.41, 5.74) is 2.07. The topological polar surface area (TPSA) is 76.7 Å². The van der Waals surface area contributed by atoms with Crippen molar-refractivity contribution in [3.8, 4) is 11.5 Å². The molecule has 0 spiro atoms. The Bertz CT molecular complexity index is 1090. The molecule has 2 amide bonds. The number of carbonyl (C=O) groups excluding carboxylic acids is 2. The molecule has 7 heteroatoms. The van der Waals surface area contributed by atoms with Gasteiger partial charge in [0.25, 0.3) is 5.91 Å². The van der Waals surface area contributed by atoms with Gasteiger partial charge in [-0.05, 0) is 42.3 Å². The van der Waals surface area contributed by atoms with Crippen molar-refractivity contribution in [2.24, 2.45) is 0 Å². The average molecular weight is 467 g/mol. The number of hydrogen-bond donors (Lipinski definition) is 2. The van der Waals surface area contributed by atoms with E-state index in [9.17, 15) is 9.59 Å². The summed E-state index contributed by atoms with van der Waals surface area (Å²) in [6.07, 6.45) is 0.0777. The van der Waals surface area contributed by atoms with Crippen molar-refractivity contribution in [3.63, 3.8) is 0 Å². The number of carbonyl (C=O) groups is 2. The van der Waals surface area contributed by atoms with Crippen LogP contribution in [0.4, 0.5) is 0 Å². The van der Waals surface area contributed by atoms with Gasteiger partial charge >= 0.3 is 0 Å². The smallest absolute Gasteiger partial charge is 0.253 e. The Morgan fingerprint density at radius 3 is 2.39 bits per heavy atom. The third-order valence-electron chi connectivity index (χ3n) is 5.03. The quantitative estimate of drug-likeness (QED) is 0.444. The first-order chi connectivity index (χ1) is 16.0. The van der Waals surface area contributed by atoms with Crippen molar-refractivity contribution in [2.45, 2.75) is 25.9 Å². The molecule has 1 atom stereocenters. The normalized spacial score (nSPS) is 11.4. The summed E-state index contributed by atoms with van der Waals surface area (Å²) in [5, 5.41) is 6.21. The van der Waals surface area contributed by atoms with Crippen LogP contribution in [-0.4, -0.2) is 25.5 Å². The lowest BCUT2D eigenvalue weighted by atomic mass is 10.0. The molecule has 0 aliphatic rings. The van der Waals surface area contributed by atoms with Crippen LogP contribution in [0.1, 0.15) is 40.9 Å². The fourth-order valence-electron chi connectivity index (χ4n) is 3.37. The highest BCUT2D eigenvalue weighted by Gasteiger charge is 2.20. The fourth-order valence-corrected chi connectivity index (χ4v) is 3.60. The summed E-state index contributed by atoms with van der Waals surface area (Å²) in [4.78, 5) is 25.6. The molecule has 0 aliphatic carbocycles. The van der Waals surface area contributed by atoms with Crippen LogP contribution in [0.15, 0.2) is 72.8 Å². The first kappa shape index (κ1) is 24.1. The van der Waals surface area contributed by atoms with Gasteiger partial charge in [-0.1, -0.05) is 60.1 Å². The van der Waals surface area contributed by atoms with Crippen molar-refractivity contribution < 1.29 is 19.1 Å². The molecule has 172 valence electrons. The summed E-state index contributed by atoms with van der Waals surface area (Å²) in [6, 6.07) is 21.2. The summed E-state index contributed by atoms with van der Waals surface area (Å²) in [5.74, 6) is 0.730. The van der Waals surface area contributed by atoms with Crippen LogP contribution in [-0.2, 0) is 11.3 Å². The zero-order chi connectivity index (χ0) is 23.6. The van der Waals surface area contributed by atoms with Crippen LogP contribution in [0.3, 0.4) is 0 Å². The standard InChI is InChI=1S/C26H27ClN2O4/c1-3-33-23-14-13-18(15-24(23)32-2)17-28-25(30)16-22(19-9-5-4-6-10-19)29-26(31)20-11-7-8-12-21(20)27/h4-15,22H,3,16-17H2,1-2H3,(H,28,30)(H,29,31). The van der Waals surface area contributed by atoms with Crippen molar-refractivity contribution in [1.82, 2.24) is 10.6 Å². The molecular formula is C26H27ClN2O4. The van der Waals surface area contributed by atoms with Crippen molar-refractivity contribution in [3.05, 3.63) is 94.5 Å². The molecule has 0 aliphatic heterocycles. The Labute approximate surface area is 198 Å². The predicted octanol–water partition coefficient (Wildman–Crippen LogP) is 4.92. The lowest BCUT2D eigenvalue weighted by molar-refractivity contribution is -0.121. The highest BCUT2D eigenvalue weighted by atomic mass is 35.5. The minimum absolute atomic E-state index is 0.0777. The molecule has 0 fully saturated rings. The van der Waals surface area contributed by atoms with E-state index in [-0.39, 0.29) is 18.2 Å². The van der Waals surface area contributed by atoms with Gasteiger partial charge in [0.2, 0.25) is 5.91 Å². The fraction of sp³-hybridized carbons (Fsp3) is 0.231. The molecule has 3 rings (SSSR count). The number of amides is 2. The maximum absolute atomic E-state index is 12.8.